The number of carbonyl (C=O) groups is 1. The van der Waals surface area contributed by atoms with E-state index in [4.69, 9.17) is 16.3 Å². The van der Waals surface area contributed by atoms with Gasteiger partial charge in [0.25, 0.3) is 5.91 Å². The molecule has 0 heterocycles. The summed E-state index contributed by atoms with van der Waals surface area (Å²) in [5.41, 5.74) is 0. The second kappa shape index (κ2) is 10.00. The summed E-state index contributed by atoms with van der Waals surface area (Å²) >= 11 is 5.89. The molecule has 1 rings (SSSR count). The number of likely N-dealkylation sites (N-methyl/N-ethyl adjacent to an activating group) is 1. The summed E-state index contributed by atoms with van der Waals surface area (Å²) in [6.45, 7) is 4.25. The first-order valence-electron chi connectivity index (χ1n) is 5.58. The predicted octanol–water partition coefficient (Wildman–Crippen LogP) is 1.87. The third-order valence-electron chi connectivity index (χ3n) is 2.07. The quantitative estimate of drug-likeness (QED) is 0.755. The molecule has 0 aliphatic carbocycles. The molecule has 0 fully saturated rings. The summed E-state index contributed by atoms with van der Waals surface area (Å²) in [4.78, 5) is 11.4. The van der Waals surface area contributed by atoms with Crippen molar-refractivity contribution in [1.29, 1.82) is 0 Å². The van der Waals surface area contributed by atoms with Gasteiger partial charge in [-0.15, -0.1) is 12.4 Å². The average molecular weight is 293 g/mol. The van der Waals surface area contributed by atoms with E-state index in [-0.39, 0.29) is 24.9 Å². The Hall–Kier alpha value is -0.970. The van der Waals surface area contributed by atoms with Gasteiger partial charge in [-0.3, -0.25) is 4.79 Å². The number of hydrogen-bond donors (Lipinski definition) is 2. The van der Waals surface area contributed by atoms with E-state index < -0.39 is 0 Å². The molecule has 4 nitrogen and oxygen atoms in total. The summed E-state index contributed by atoms with van der Waals surface area (Å²) in [6.07, 6.45) is 0. The fourth-order valence-corrected chi connectivity index (χ4v) is 1.41. The van der Waals surface area contributed by atoms with Crippen LogP contribution < -0.4 is 15.4 Å². The minimum Gasteiger partial charge on any atom is -0.482 e. The molecule has 0 bridgehead atoms. The zero-order valence-corrected chi connectivity index (χ0v) is 11.8. The van der Waals surface area contributed by atoms with Crippen LogP contribution in [0.2, 0.25) is 5.02 Å². The molecule has 0 spiro atoms. The molecule has 0 saturated carbocycles. The number of benzene rings is 1. The Morgan fingerprint density at radius 3 is 2.72 bits per heavy atom. The van der Waals surface area contributed by atoms with E-state index in [1.165, 1.54) is 0 Å². The lowest BCUT2D eigenvalue weighted by Crippen LogP contribution is -2.34. The molecule has 102 valence electrons. The highest BCUT2D eigenvalue weighted by atomic mass is 35.5. The lowest BCUT2D eigenvalue weighted by Gasteiger charge is -2.08. The van der Waals surface area contributed by atoms with Crippen LogP contribution in [-0.2, 0) is 4.79 Å². The Balaban J connectivity index is 0.00000289. The van der Waals surface area contributed by atoms with Gasteiger partial charge in [0, 0.05) is 13.1 Å². The van der Waals surface area contributed by atoms with Gasteiger partial charge in [0.15, 0.2) is 6.61 Å². The third kappa shape index (κ3) is 6.69. The molecular formula is C12H18Cl2N2O2. The Bertz CT molecular complexity index is 362. The Labute approximate surface area is 118 Å². The first-order chi connectivity index (χ1) is 8.24. The van der Waals surface area contributed by atoms with E-state index in [1.54, 1.807) is 12.1 Å². The van der Waals surface area contributed by atoms with Gasteiger partial charge in [-0.05, 0) is 18.7 Å². The molecule has 1 amide bonds. The summed E-state index contributed by atoms with van der Waals surface area (Å²) in [5.74, 6) is 0.374. The van der Waals surface area contributed by atoms with Crippen molar-refractivity contribution in [3.8, 4) is 5.75 Å². The molecule has 0 saturated heterocycles. The van der Waals surface area contributed by atoms with E-state index in [2.05, 4.69) is 10.6 Å². The van der Waals surface area contributed by atoms with Gasteiger partial charge in [0.2, 0.25) is 0 Å². The predicted molar refractivity (Wildman–Crippen MR) is 75.7 cm³/mol. The van der Waals surface area contributed by atoms with E-state index in [9.17, 15) is 4.79 Å². The summed E-state index contributed by atoms with van der Waals surface area (Å²) in [7, 11) is 0. The average Bonchev–Trinajstić information content (AvgIpc) is 2.34. The maximum atomic E-state index is 11.4. The maximum absolute atomic E-state index is 11.4. The smallest absolute Gasteiger partial charge is 0.257 e. The van der Waals surface area contributed by atoms with Crippen LogP contribution in [0.5, 0.6) is 5.75 Å². The highest BCUT2D eigenvalue weighted by Gasteiger charge is 2.04. The number of halogens is 2. The number of hydrogen-bond acceptors (Lipinski definition) is 3. The standard InChI is InChI=1S/C12H17ClN2O2.ClH/c1-2-14-7-8-15-12(16)9-17-11-6-4-3-5-10(11)13;/h3-6,14H,2,7-9H2,1H3,(H,15,16);1H. The van der Waals surface area contributed by atoms with Crippen LogP contribution in [0.4, 0.5) is 0 Å². The third-order valence-corrected chi connectivity index (χ3v) is 2.38. The van der Waals surface area contributed by atoms with Crippen molar-refractivity contribution >= 4 is 29.9 Å². The monoisotopic (exact) mass is 292 g/mol. The van der Waals surface area contributed by atoms with Crippen LogP contribution in [0.1, 0.15) is 6.92 Å². The topological polar surface area (TPSA) is 50.4 Å². The number of ether oxygens (including phenoxy) is 1. The van der Waals surface area contributed by atoms with E-state index in [1.807, 2.05) is 19.1 Å². The number of rotatable bonds is 7. The van der Waals surface area contributed by atoms with E-state index in [0.29, 0.717) is 17.3 Å². The van der Waals surface area contributed by atoms with Crippen molar-refractivity contribution in [2.24, 2.45) is 0 Å². The Morgan fingerprint density at radius 2 is 2.06 bits per heavy atom. The lowest BCUT2D eigenvalue weighted by molar-refractivity contribution is -0.123. The molecule has 1 aromatic rings. The number of nitrogens with one attached hydrogen (secondary N) is 2. The second-order valence-electron chi connectivity index (χ2n) is 3.42. The first kappa shape index (κ1) is 17.0. The molecule has 1 aromatic carbocycles. The van der Waals surface area contributed by atoms with Crippen LogP contribution in [0.3, 0.4) is 0 Å². The minimum atomic E-state index is -0.150. The van der Waals surface area contributed by atoms with Crippen molar-refractivity contribution in [3.05, 3.63) is 29.3 Å². The summed E-state index contributed by atoms with van der Waals surface area (Å²) < 4.78 is 5.29. The van der Waals surface area contributed by atoms with Crippen molar-refractivity contribution in [1.82, 2.24) is 10.6 Å². The zero-order chi connectivity index (χ0) is 12.5. The van der Waals surface area contributed by atoms with Crippen LogP contribution in [0.15, 0.2) is 24.3 Å². The minimum absolute atomic E-state index is 0. The van der Waals surface area contributed by atoms with Gasteiger partial charge in [0.05, 0.1) is 5.02 Å². The second-order valence-corrected chi connectivity index (χ2v) is 3.83. The van der Waals surface area contributed by atoms with Gasteiger partial charge in [-0.25, -0.2) is 0 Å². The molecule has 0 aliphatic heterocycles. The molecule has 0 aromatic heterocycles. The molecule has 2 N–H and O–H groups in total. The normalized spacial score (nSPS) is 9.44. The fourth-order valence-electron chi connectivity index (χ4n) is 1.22. The van der Waals surface area contributed by atoms with Gasteiger partial charge >= 0.3 is 0 Å². The van der Waals surface area contributed by atoms with Gasteiger partial charge in [-0.2, -0.15) is 0 Å². The van der Waals surface area contributed by atoms with Crippen molar-refractivity contribution < 1.29 is 9.53 Å². The van der Waals surface area contributed by atoms with Crippen LogP contribution in [-0.4, -0.2) is 32.1 Å². The van der Waals surface area contributed by atoms with Gasteiger partial charge < -0.3 is 15.4 Å². The summed E-state index contributed by atoms with van der Waals surface area (Å²) in [5, 5.41) is 6.35. The van der Waals surface area contributed by atoms with Crippen molar-refractivity contribution in [2.75, 3.05) is 26.2 Å². The molecular weight excluding hydrogens is 275 g/mol. The summed E-state index contributed by atoms with van der Waals surface area (Å²) in [6, 6.07) is 7.07. The van der Waals surface area contributed by atoms with Crippen LogP contribution in [0.25, 0.3) is 0 Å². The van der Waals surface area contributed by atoms with Gasteiger partial charge in [0.1, 0.15) is 5.75 Å². The SMILES string of the molecule is CCNCCNC(=O)COc1ccccc1Cl.Cl. The first-order valence-corrected chi connectivity index (χ1v) is 5.96. The van der Waals surface area contributed by atoms with Crippen molar-refractivity contribution in [3.63, 3.8) is 0 Å². The number of amides is 1. The Morgan fingerprint density at radius 1 is 1.33 bits per heavy atom. The number of para-hydroxylation sites is 1. The Kier molecular flexibility index (Phi) is 9.46. The maximum Gasteiger partial charge on any atom is 0.257 e. The molecule has 0 atom stereocenters. The van der Waals surface area contributed by atoms with Gasteiger partial charge in [-0.1, -0.05) is 30.7 Å². The molecule has 0 unspecified atom stereocenters. The van der Waals surface area contributed by atoms with E-state index in [0.717, 1.165) is 13.1 Å². The molecule has 0 aliphatic rings. The molecule has 0 radical (unpaired) electrons. The number of carbonyl (C=O) groups excluding carboxylic acids is 1. The molecule has 18 heavy (non-hydrogen) atoms. The van der Waals surface area contributed by atoms with Crippen LogP contribution in [0, 0.1) is 0 Å². The zero-order valence-electron chi connectivity index (χ0n) is 10.2. The lowest BCUT2D eigenvalue weighted by atomic mass is 10.3. The van der Waals surface area contributed by atoms with E-state index >= 15 is 0 Å². The van der Waals surface area contributed by atoms with Crippen LogP contribution >= 0.6 is 24.0 Å². The largest absolute Gasteiger partial charge is 0.482 e. The highest BCUT2D eigenvalue weighted by Crippen LogP contribution is 2.22. The highest BCUT2D eigenvalue weighted by molar-refractivity contribution is 6.32. The van der Waals surface area contributed by atoms with Crippen molar-refractivity contribution in [2.45, 2.75) is 6.92 Å². The molecule has 6 heteroatoms. The fraction of sp³-hybridized carbons (Fsp3) is 0.417.